The molecular formula is C24H25N3O3. The second-order valence-corrected chi connectivity index (χ2v) is 7.28. The fraction of sp³-hybridized carbons (Fsp3) is 0.250. The predicted octanol–water partition coefficient (Wildman–Crippen LogP) is 3.26. The van der Waals surface area contributed by atoms with Crippen LogP contribution in [0.2, 0.25) is 0 Å². The summed E-state index contributed by atoms with van der Waals surface area (Å²) in [6, 6.07) is 15.8. The van der Waals surface area contributed by atoms with E-state index in [1.54, 1.807) is 6.08 Å². The molecule has 1 aromatic heterocycles. The molecule has 1 aliphatic heterocycles. The van der Waals surface area contributed by atoms with Crippen molar-refractivity contribution in [1.82, 2.24) is 10.6 Å². The van der Waals surface area contributed by atoms with Crippen molar-refractivity contribution in [2.75, 3.05) is 24.5 Å². The molecule has 2 N–H and O–H groups in total. The van der Waals surface area contributed by atoms with Gasteiger partial charge in [0.05, 0.1) is 6.54 Å². The summed E-state index contributed by atoms with van der Waals surface area (Å²) >= 11 is 0. The highest BCUT2D eigenvalue weighted by atomic mass is 16.3. The van der Waals surface area contributed by atoms with E-state index in [-0.39, 0.29) is 11.8 Å². The van der Waals surface area contributed by atoms with Crippen LogP contribution >= 0.6 is 0 Å². The van der Waals surface area contributed by atoms with E-state index < -0.39 is 0 Å². The largest absolute Gasteiger partial charge is 0.460 e. The number of para-hydroxylation sites is 1. The number of rotatable bonds is 6. The van der Waals surface area contributed by atoms with Gasteiger partial charge in [0, 0.05) is 48.8 Å². The maximum Gasteiger partial charge on any atom is 0.244 e. The highest BCUT2D eigenvalue weighted by Crippen LogP contribution is 2.27. The summed E-state index contributed by atoms with van der Waals surface area (Å²) in [6.07, 6.45) is 4.14. The smallest absolute Gasteiger partial charge is 0.244 e. The zero-order valence-electron chi connectivity index (χ0n) is 17.0. The fourth-order valence-electron chi connectivity index (χ4n) is 3.65. The Morgan fingerprint density at radius 2 is 2.00 bits per heavy atom. The van der Waals surface area contributed by atoms with E-state index in [1.807, 2.05) is 66.4 Å². The summed E-state index contributed by atoms with van der Waals surface area (Å²) in [7, 11) is 0. The summed E-state index contributed by atoms with van der Waals surface area (Å²) in [5.74, 6) is 0.766. The Morgan fingerprint density at radius 3 is 2.77 bits per heavy atom. The molecule has 1 saturated heterocycles. The number of furan rings is 1. The first-order valence-corrected chi connectivity index (χ1v) is 10.2. The van der Waals surface area contributed by atoms with Crippen molar-refractivity contribution in [2.24, 2.45) is 0 Å². The van der Waals surface area contributed by atoms with E-state index in [1.165, 1.54) is 0 Å². The average Bonchev–Trinajstić information content (AvgIpc) is 3.14. The van der Waals surface area contributed by atoms with Crippen LogP contribution in [-0.4, -0.2) is 31.4 Å². The van der Waals surface area contributed by atoms with Gasteiger partial charge in [0.2, 0.25) is 11.8 Å². The van der Waals surface area contributed by atoms with E-state index in [0.717, 1.165) is 46.5 Å². The van der Waals surface area contributed by atoms with Crippen molar-refractivity contribution in [3.8, 4) is 0 Å². The second-order valence-electron chi connectivity index (χ2n) is 7.28. The van der Waals surface area contributed by atoms with E-state index >= 15 is 0 Å². The van der Waals surface area contributed by atoms with Crippen LogP contribution in [0.1, 0.15) is 23.8 Å². The first-order valence-electron chi connectivity index (χ1n) is 10.2. The van der Waals surface area contributed by atoms with Crippen LogP contribution in [0.5, 0.6) is 0 Å². The Hall–Kier alpha value is -3.54. The first-order chi connectivity index (χ1) is 14.6. The van der Waals surface area contributed by atoms with E-state index in [2.05, 4.69) is 10.6 Å². The van der Waals surface area contributed by atoms with Crippen molar-refractivity contribution in [3.05, 3.63) is 71.5 Å². The van der Waals surface area contributed by atoms with Gasteiger partial charge in [0.15, 0.2) is 0 Å². The third-order valence-electron chi connectivity index (χ3n) is 5.24. The number of piperazine rings is 1. The molecule has 3 aromatic rings. The number of carbonyl (C=O) groups is 2. The number of anilines is 1. The lowest BCUT2D eigenvalue weighted by Crippen LogP contribution is -2.47. The topological polar surface area (TPSA) is 74.6 Å². The lowest BCUT2D eigenvalue weighted by atomic mass is 10.1. The number of hydrogen-bond donors (Lipinski definition) is 2. The molecule has 30 heavy (non-hydrogen) atoms. The maximum absolute atomic E-state index is 12.3. The normalized spacial score (nSPS) is 14.3. The van der Waals surface area contributed by atoms with Crippen LogP contribution in [0.25, 0.3) is 17.0 Å². The molecule has 1 aliphatic rings. The summed E-state index contributed by atoms with van der Waals surface area (Å²) in [6.45, 7) is 4.32. The zero-order chi connectivity index (χ0) is 20.9. The van der Waals surface area contributed by atoms with Gasteiger partial charge in [-0.2, -0.15) is 0 Å². The zero-order valence-corrected chi connectivity index (χ0v) is 17.0. The Bertz CT molecular complexity index is 1080. The molecule has 0 aliphatic carbocycles. The van der Waals surface area contributed by atoms with Crippen molar-refractivity contribution in [2.45, 2.75) is 19.9 Å². The van der Waals surface area contributed by atoms with Gasteiger partial charge in [-0.1, -0.05) is 37.3 Å². The average molecular weight is 403 g/mol. The van der Waals surface area contributed by atoms with Gasteiger partial charge in [-0.3, -0.25) is 9.59 Å². The molecule has 2 heterocycles. The number of nitrogens with one attached hydrogen (secondary N) is 2. The van der Waals surface area contributed by atoms with Gasteiger partial charge in [0.25, 0.3) is 0 Å². The maximum atomic E-state index is 12.3. The van der Waals surface area contributed by atoms with Crippen molar-refractivity contribution >= 4 is 34.5 Å². The van der Waals surface area contributed by atoms with Crippen LogP contribution in [0.4, 0.5) is 5.69 Å². The van der Waals surface area contributed by atoms with Gasteiger partial charge in [-0.05, 0) is 29.8 Å². The Morgan fingerprint density at radius 1 is 1.20 bits per heavy atom. The first kappa shape index (κ1) is 19.8. The summed E-state index contributed by atoms with van der Waals surface area (Å²) < 4.78 is 5.87. The molecule has 6 heteroatoms. The lowest BCUT2D eigenvalue weighted by Gasteiger charge is -2.28. The minimum Gasteiger partial charge on any atom is -0.460 e. The molecule has 0 atom stereocenters. The number of nitrogens with zero attached hydrogens (tertiary/aromatic N) is 1. The molecule has 154 valence electrons. The van der Waals surface area contributed by atoms with Crippen LogP contribution in [-0.2, 0) is 22.6 Å². The highest BCUT2D eigenvalue weighted by Gasteiger charge is 2.16. The Kier molecular flexibility index (Phi) is 5.84. The number of amides is 2. The molecule has 0 radical (unpaired) electrons. The molecule has 6 nitrogen and oxygen atoms in total. The van der Waals surface area contributed by atoms with E-state index in [9.17, 15) is 9.59 Å². The standard InChI is InChI=1S/C24H25N3O3/c1-2-21-20(19-5-3-4-6-22(19)30-21)11-12-23(28)26-15-17-7-9-18(10-8-17)27-14-13-25-24(29)16-27/h3-12H,2,13-16H2,1H3,(H,25,29)(H,26,28)/b12-11+. The van der Waals surface area contributed by atoms with Crippen LogP contribution in [0.15, 0.2) is 59.0 Å². The third-order valence-corrected chi connectivity index (χ3v) is 5.24. The van der Waals surface area contributed by atoms with Crippen LogP contribution in [0, 0.1) is 0 Å². The summed E-state index contributed by atoms with van der Waals surface area (Å²) in [5, 5.41) is 6.76. The molecule has 1 fully saturated rings. The van der Waals surface area contributed by atoms with Gasteiger partial charge in [0.1, 0.15) is 11.3 Å². The minimum atomic E-state index is -0.154. The van der Waals surface area contributed by atoms with E-state index in [4.69, 9.17) is 4.42 Å². The molecule has 0 unspecified atom stereocenters. The lowest BCUT2D eigenvalue weighted by molar-refractivity contribution is -0.120. The van der Waals surface area contributed by atoms with Crippen molar-refractivity contribution < 1.29 is 14.0 Å². The van der Waals surface area contributed by atoms with Gasteiger partial charge in [-0.15, -0.1) is 0 Å². The number of hydrogen-bond acceptors (Lipinski definition) is 4. The monoisotopic (exact) mass is 403 g/mol. The molecule has 0 bridgehead atoms. The Labute approximate surface area is 175 Å². The highest BCUT2D eigenvalue weighted by molar-refractivity contribution is 5.96. The molecule has 0 spiro atoms. The predicted molar refractivity (Wildman–Crippen MR) is 118 cm³/mol. The van der Waals surface area contributed by atoms with Gasteiger partial charge >= 0.3 is 0 Å². The Balaban J connectivity index is 1.36. The summed E-state index contributed by atoms with van der Waals surface area (Å²) in [4.78, 5) is 25.9. The third kappa shape index (κ3) is 4.38. The fourth-order valence-corrected chi connectivity index (χ4v) is 3.65. The second kappa shape index (κ2) is 8.86. The van der Waals surface area contributed by atoms with E-state index in [0.29, 0.717) is 19.6 Å². The molecule has 2 aromatic carbocycles. The van der Waals surface area contributed by atoms with Gasteiger partial charge in [-0.25, -0.2) is 0 Å². The van der Waals surface area contributed by atoms with Crippen LogP contribution < -0.4 is 15.5 Å². The van der Waals surface area contributed by atoms with Crippen molar-refractivity contribution in [1.29, 1.82) is 0 Å². The molecular weight excluding hydrogens is 378 g/mol. The quantitative estimate of drug-likeness (QED) is 0.620. The molecule has 2 amide bonds. The number of fused-ring (bicyclic) bond motifs is 1. The number of benzene rings is 2. The number of carbonyl (C=O) groups excluding carboxylic acids is 2. The van der Waals surface area contributed by atoms with Crippen molar-refractivity contribution in [3.63, 3.8) is 0 Å². The number of aryl methyl sites for hydroxylation is 1. The molecule has 0 saturated carbocycles. The van der Waals surface area contributed by atoms with Gasteiger partial charge < -0.3 is 20.0 Å². The summed E-state index contributed by atoms with van der Waals surface area (Å²) in [5.41, 5.74) is 3.81. The molecule has 4 rings (SSSR count). The SMILES string of the molecule is CCc1oc2ccccc2c1/C=C/C(=O)NCc1ccc(N2CCNC(=O)C2)cc1. The van der Waals surface area contributed by atoms with Crippen LogP contribution in [0.3, 0.4) is 0 Å². The minimum absolute atomic E-state index is 0.0426.